The number of amides is 2. The van der Waals surface area contributed by atoms with Crippen molar-refractivity contribution in [2.45, 2.75) is 96.8 Å². The molecule has 1 aromatic rings. The number of benzene rings is 1. The highest BCUT2D eigenvalue weighted by molar-refractivity contribution is 8.00. The number of para-hydroxylation sites is 1. The molecule has 0 heterocycles. The Morgan fingerprint density at radius 2 is 1.76 bits per heavy atom. The Morgan fingerprint density at radius 1 is 1.03 bits per heavy atom. The van der Waals surface area contributed by atoms with E-state index in [1.807, 2.05) is 38.1 Å². The highest BCUT2D eigenvalue weighted by Crippen LogP contribution is 2.21. The maximum absolute atomic E-state index is 12.4. The number of aliphatic hydroxyl groups excluding tert-OH is 1. The number of carbonyl (C=O) groups excluding carboxylic acids is 2. The number of aryl methyl sites for hydroxylation is 1. The molecule has 0 aliphatic heterocycles. The van der Waals surface area contributed by atoms with Crippen molar-refractivity contribution < 1.29 is 14.7 Å². The zero-order chi connectivity index (χ0) is 24.5. The van der Waals surface area contributed by atoms with Crippen LogP contribution in [-0.4, -0.2) is 40.6 Å². The number of carbonyl (C=O) groups is 2. The van der Waals surface area contributed by atoms with Crippen LogP contribution in [0.25, 0.3) is 0 Å². The quantitative estimate of drug-likeness (QED) is 0.172. The minimum Gasteiger partial charge on any atom is -0.393 e. The number of hydrogen-bond donors (Lipinski definition) is 4. The molecule has 0 fully saturated rings. The largest absolute Gasteiger partial charge is 0.393 e. The normalized spacial score (nSPS) is 13.8. The Morgan fingerprint density at radius 3 is 2.45 bits per heavy atom. The van der Waals surface area contributed by atoms with Gasteiger partial charge in [-0.05, 0) is 55.9 Å². The third kappa shape index (κ3) is 13.0. The van der Waals surface area contributed by atoms with Crippen LogP contribution in [0.4, 0.5) is 5.69 Å². The molecule has 2 amide bonds. The van der Waals surface area contributed by atoms with Crippen LogP contribution in [0.5, 0.6) is 0 Å². The molecule has 7 heteroatoms. The summed E-state index contributed by atoms with van der Waals surface area (Å²) in [6.07, 6.45) is 9.51. The molecule has 0 saturated carbocycles. The van der Waals surface area contributed by atoms with Crippen molar-refractivity contribution in [2.75, 3.05) is 17.6 Å². The average Bonchev–Trinajstić information content (AvgIpc) is 2.80. The summed E-state index contributed by atoms with van der Waals surface area (Å²) in [6, 6.07) is 7.57. The molecule has 33 heavy (non-hydrogen) atoms. The van der Waals surface area contributed by atoms with Gasteiger partial charge in [-0.25, -0.2) is 5.43 Å². The summed E-state index contributed by atoms with van der Waals surface area (Å²) in [5, 5.41) is 13.1. The zero-order valence-electron chi connectivity index (χ0n) is 21.0. The standard InChI is InChI=1S/C26H45N3O3S/c1-5-7-8-9-10-15-21(4)23(30)17-13-18-33-24(6-2)26(32)29-27-19-25(31)28-22-16-12-11-14-20(22)3/h11-12,14,16,21,23-24,27,30H,5-10,13,15,17-19H2,1-4H3,(H,28,31)(H,29,32). The van der Waals surface area contributed by atoms with E-state index in [0.717, 1.165) is 36.3 Å². The maximum atomic E-state index is 12.4. The first-order valence-corrected chi connectivity index (χ1v) is 13.6. The summed E-state index contributed by atoms with van der Waals surface area (Å²) < 4.78 is 0. The number of unbranched alkanes of at least 4 members (excludes halogenated alkanes) is 4. The minimum atomic E-state index is -0.265. The van der Waals surface area contributed by atoms with Gasteiger partial charge >= 0.3 is 0 Å². The molecule has 0 radical (unpaired) electrons. The molecule has 4 N–H and O–H groups in total. The first kappa shape index (κ1) is 29.5. The number of aliphatic hydroxyl groups is 1. The highest BCUT2D eigenvalue weighted by atomic mass is 32.2. The van der Waals surface area contributed by atoms with Gasteiger partial charge in [0.25, 0.3) is 0 Å². The van der Waals surface area contributed by atoms with Crippen LogP contribution in [0.1, 0.15) is 84.1 Å². The molecule has 0 aliphatic carbocycles. The second kappa shape index (κ2) is 17.8. The molecule has 0 spiro atoms. The van der Waals surface area contributed by atoms with Crippen LogP contribution >= 0.6 is 11.8 Å². The molecule has 188 valence electrons. The van der Waals surface area contributed by atoms with Gasteiger partial charge in [-0.1, -0.05) is 71.1 Å². The van der Waals surface area contributed by atoms with Crippen LogP contribution < -0.4 is 16.2 Å². The molecule has 0 aliphatic rings. The lowest BCUT2D eigenvalue weighted by Crippen LogP contribution is -2.45. The Kier molecular flexibility index (Phi) is 15.9. The van der Waals surface area contributed by atoms with Crippen LogP contribution in [0, 0.1) is 12.8 Å². The van der Waals surface area contributed by atoms with E-state index in [0.29, 0.717) is 12.3 Å². The summed E-state index contributed by atoms with van der Waals surface area (Å²) >= 11 is 1.61. The number of anilines is 1. The van der Waals surface area contributed by atoms with Crippen molar-refractivity contribution in [3.63, 3.8) is 0 Å². The van der Waals surface area contributed by atoms with E-state index in [-0.39, 0.29) is 29.7 Å². The third-order valence-electron chi connectivity index (χ3n) is 5.93. The van der Waals surface area contributed by atoms with Crippen molar-refractivity contribution >= 4 is 29.3 Å². The van der Waals surface area contributed by atoms with Crippen LogP contribution in [0.15, 0.2) is 24.3 Å². The lowest BCUT2D eigenvalue weighted by atomic mass is 9.94. The predicted molar refractivity (Wildman–Crippen MR) is 140 cm³/mol. The summed E-state index contributed by atoms with van der Waals surface area (Å²) in [5.74, 6) is 0.836. The van der Waals surface area contributed by atoms with Crippen LogP contribution in [0.2, 0.25) is 0 Å². The van der Waals surface area contributed by atoms with Crippen molar-refractivity contribution in [3.05, 3.63) is 29.8 Å². The lowest BCUT2D eigenvalue weighted by molar-refractivity contribution is -0.122. The van der Waals surface area contributed by atoms with Crippen molar-refractivity contribution in [3.8, 4) is 0 Å². The number of hydrazine groups is 1. The van der Waals surface area contributed by atoms with Gasteiger partial charge in [-0.3, -0.25) is 15.0 Å². The van der Waals surface area contributed by atoms with Crippen LogP contribution in [0.3, 0.4) is 0 Å². The van der Waals surface area contributed by atoms with E-state index < -0.39 is 0 Å². The van der Waals surface area contributed by atoms with Gasteiger partial charge < -0.3 is 10.4 Å². The third-order valence-corrected chi connectivity index (χ3v) is 7.40. The first-order valence-electron chi connectivity index (χ1n) is 12.6. The molecule has 3 atom stereocenters. The zero-order valence-corrected chi connectivity index (χ0v) is 21.8. The highest BCUT2D eigenvalue weighted by Gasteiger charge is 2.18. The van der Waals surface area contributed by atoms with E-state index in [9.17, 15) is 14.7 Å². The summed E-state index contributed by atoms with van der Waals surface area (Å²) in [7, 11) is 0. The fourth-order valence-electron chi connectivity index (χ4n) is 3.64. The Balaban J connectivity index is 2.19. The van der Waals surface area contributed by atoms with Gasteiger partial charge in [-0.2, -0.15) is 0 Å². The molecular formula is C26H45N3O3S. The van der Waals surface area contributed by atoms with E-state index >= 15 is 0 Å². The topological polar surface area (TPSA) is 90.5 Å². The maximum Gasteiger partial charge on any atom is 0.247 e. The second-order valence-corrected chi connectivity index (χ2v) is 10.2. The number of hydrogen-bond acceptors (Lipinski definition) is 5. The minimum absolute atomic E-state index is 0.00367. The molecule has 3 unspecified atom stereocenters. The molecule has 1 aromatic carbocycles. The van der Waals surface area contributed by atoms with Gasteiger partial charge in [0.05, 0.1) is 17.9 Å². The SMILES string of the molecule is CCCCCCCC(C)C(O)CCCSC(CC)C(=O)NNCC(=O)Nc1ccccc1C. The Hall–Kier alpha value is -1.57. The van der Waals surface area contributed by atoms with Crippen molar-refractivity contribution in [1.29, 1.82) is 0 Å². The van der Waals surface area contributed by atoms with Gasteiger partial charge in [0.2, 0.25) is 11.8 Å². The number of thioether (sulfide) groups is 1. The van der Waals surface area contributed by atoms with Gasteiger partial charge in [0.1, 0.15) is 0 Å². The molecule has 1 rings (SSSR count). The molecule has 0 saturated heterocycles. The first-order chi connectivity index (χ1) is 15.9. The Bertz CT molecular complexity index is 687. The number of rotatable bonds is 18. The smallest absolute Gasteiger partial charge is 0.247 e. The van der Waals surface area contributed by atoms with E-state index in [4.69, 9.17) is 0 Å². The van der Waals surface area contributed by atoms with Crippen molar-refractivity contribution in [2.24, 2.45) is 5.92 Å². The van der Waals surface area contributed by atoms with Gasteiger partial charge in [0.15, 0.2) is 0 Å². The average molecular weight is 480 g/mol. The fraction of sp³-hybridized carbons (Fsp3) is 0.692. The van der Waals surface area contributed by atoms with Crippen LogP contribution in [-0.2, 0) is 9.59 Å². The fourth-order valence-corrected chi connectivity index (χ4v) is 4.71. The molecular weight excluding hydrogens is 434 g/mol. The molecule has 6 nitrogen and oxygen atoms in total. The summed E-state index contributed by atoms with van der Waals surface area (Å²) in [5.41, 5.74) is 7.14. The monoisotopic (exact) mass is 479 g/mol. The molecule has 0 aromatic heterocycles. The van der Waals surface area contributed by atoms with Crippen molar-refractivity contribution in [1.82, 2.24) is 10.9 Å². The van der Waals surface area contributed by atoms with E-state index in [1.165, 1.54) is 32.1 Å². The summed E-state index contributed by atoms with van der Waals surface area (Å²) in [6.45, 7) is 8.28. The number of nitrogens with one attached hydrogen (secondary N) is 3. The van der Waals surface area contributed by atoms with Gasteiger partial charge in [0, 0.05) is 5.69 Å². The lowest BCUT2D eigenvalue weighted by Gasteiger charge is -2.19. The summed E-state index contributed by atoms with van der Waals surface area (Å²) in [4.78, 5) is 24.5. The second-order valence-electron chi connectivity index (χ2n) is 8.86. The Labute approximate surface area is 205 Å². The predicted octanol–water partition coefficient (Wildman–Crippen LogP) is 5.20. The van der Waals surface area contributed by atoms with E-state index in [2.05, 4.69) is 30.0 Å². The van der Waals surface area contributed by atoms with Gasteiger partial charge in [-0.15, -0.1) is 11.8 Å². The van der Waals surface area contributed by atoms with E-state index in [1.54, 1.807) is 11.8 Å². The molecule has 0 bridgehead atoms.